The van der Waals surface area contributed by atoms with Crippen molar-refractivity contribution in [1.29, 1.82) is 0 Å². The van der Waals surface area contributed by atoms with Crippen molar-refractivity contribution in [1.82, 2.24) is 5.32 Å². The molecule has 0 spiro atoms. The van der Waals surface area contributed by atoms with Crippen LogP contribution in [0.2, 0.25) is 0 Å². The predicted molar refractivity (Wildman–Crippen MR) is 158 cm³/mol. The number of carbonyl (C=O) groups is 2. The molecule has 1 rings (SSSR count). The first kappa shape index (κ1) is 43.4. The highest BCUT2D eigenvalue weighted by atomic mass is 19.2. The molecule has 0 fully saturated rings. The third-order valence-electron chi connectivity index (χ3n) is 5.70. The first-order valence-electron chi connectivity index (χ1n) is 15.3. The molecular weight excluding hydrogens is 661 g/mol. The number of benzene rings is 1. The number of ether oxygens (including phenoxy) is 9. The molecule has 0 aliphatic heterocycles. The topological polar surface area (TPSA) is 181 Å². The monoisotopic (exact) mass is 707 g/mol. The standard InChI is InChI=1S/C29H46F5N3O11/c30-24-25(31)27(33)29(28(34)26(24)32)48-23(39)2-6-41-10-9-40-5-1-22(38)37-21(19-46-17-15-44-13-11-42-7-3-35)20-47-18-16-45-14-12-43-8-4-36/h21H,1-20,35-36H2,(H,37,38). The molecule has 0 aliphatic rings. The Labute approximate surface area is 275 Å². The molecule has 0 saturated heterocycles. The van der Waals surface area contributed by atoms with Gasteiger partial charge in [0.1, 0.15) is 0 Å². The summed E-state index contributed by atoms with van der Waals surface area (Å²) >= 11 is 0. The number of amides is 1. The van der Waals surface area contributed by atoms with Crippen LogP contribution in [-0.2, 0) is 47.5 Å². The van der Waals surface area contributed by atoms with Gasteiger partial charge in [-0.1, -0.05) is 0 Å². The number of halogens is 5. The smallest absolute Gasteiger partial charge is 0.313 e. The fourth-order valence-electron chi connectivity index (χ4n) is 3.41. The van der Waals surface area contributed by atoms with E-state index in [9.17, 15) is 31.5 Å². The summed E-state index contributed by atoms with van der Waals surface area (Å²) < 4.78 is 114. The summed E-state index contributed by atoms with van der Waals surface area (Å²) in [5, 5.41) is 2.81. The van der Waals surface area contributed by atoms with E-state index < -0.39 is 53.3 Å². The van der Waals surface area contributed by atoms with Crippen LogP contribution < -0.4 is 21.5 Å². The Morgan fingerprint density at radius 2 is 0.854 bits per heavy atom. The number of nitrogens with one attached hydrogen (secondary N) is 1. The van der Waals surface area contributed by atoms with Crippen LogP contribution >= 0.6 is 0 Å². The number of hydrogen-bond donors (Lipinski definition) is 3. The fourth-order valence-corrected chi connectivity index (χ4v) is 3.41. The lowest BCUT2D eigenvalue weighted by atomic mass is 10.2. The van der Waals surface area contributed by atoms with Crippen molar-refractivity contribution in [2.75, 3.05) is 119 Å². The van der Waals surface area contributed by atoms with Crippen molar-refractivity contribution in [2.45, 2.75) is 18.9 Å². The van der Waals surface area contributed by atoms with Crippen LogP contribution in [0.15, 0.2) is 0 Å². The van der Waals surface area contributed by atoms with Crippen molar-refractivity contribution < 1.29 is 74.2 Å². The van der Waals surface area contributed by atoms with E-state index in [0.29, 0.717) is 65.9 Å². The van der Waals surface area contributed by atoms with E-state index in [2.05, 4.69) is 10.1 Å². The van der Waals surface area contributed by atoms with E-state index >= 15 is 0 Å². The minimum atomic E-state index is -2.37. The van der Waals surface area contributed by atoms with Crippen LogP contribution in [0.25, 0.3) is 0 Å². The average Bonchev–Trinajstić information content (AvgIpc) is 3.07. The molecule has 14 nitrogen and oxygen atoms in total. The SMILES string of the molecule is NCCOCCOCCOCC(COCCOCCOCCN)NC(=O)CCOCCOCCC(=O)Oc1c(F)c(F)c(F)c(F)c1F. The Hall–Kier alpha value is -2.59. The minimum Gasteiger partial charge on any atom is -0.420 e. The minimum absolute atomic E-state index is 0.00255. The average molecular weight is 708 g/mol. The number of nitrogens with two attached hydrogens (primary N) is 2. The largest absolute Gasteiger partial charge is 0.420 e. The highest BCUT2D eigenvalue weighted by Crippen LogP contribution is 2.29. The van der Waals surface area contributed by atoms with E-state index in [1.807, 2.05) is 0 Å². The van der Waals surface area contributed by atoms with Gasteiger partial charge in [0.05, 0.1) is 118 Å². The lowest BCUT2D eigenvalue weighted by Crippen LogP contribution is -2.42. The van der Waals surface area contributed by atoms with Crippen molar-refractivity contribution >= 4 is 11.9 Å². The Morgan fingerprint density at radius 1 is 0.500 bits per heavy atom. The summed E-state index contributed by atoms with van der Waals surface area (Å²) in [7, 11) is 0. The van der Waals surface area contributed by atoms with Crippen LogP contribution in [0.4, 0.5) is 22.0 Å². The maximum Gasteiger partial charge on any atom is 0.313 e. The summed E-state index contributed by atoms with van der Waals surface area (Å²) in [5.74, 6) is -14.7. The molecular formula is C29H46F5N3O11. The van der Waals surface area contributed by atoms with Crippen molar-refractivity contribution in [3.05, 3.63) is 29.1 Å². The molecule has 278 valence electrons. The van der Waals surface area contributed by atoms with E-state index in [4.69, 9.17) is 49.4 Å². The summed E-state index contributed by atoms with van der Waals surface area (Å²) in [5.41, 5.74) is 10.7. The summed E-state index contributed by atoms with van der Waals surface area (Å²) in [6.45, 7) is 4.71. The third kappa shape index (κ3) is 20.0. The maximum absolute atomic E-state index is 13.6. The molecule has 1 aromatic carbocycles. The van der Waals surface area contributed by atoms with Gasteiger partial charge in [-0.2, -0.15) is 8.78 Å². The third-order valence-corrected chi connectivity index (χ3v) is 5.70. The summed E-state index contributed by atoms with van der Waals surface area (Å²) in [6, 6.07) is -0.466. The number of hydrogen-bond acceptors (Lipinski definition) is 13. The van der Waals surface area contributed by atoms with E-state index in [-0.39, 0.29) is 65.2 Å². The first-order chi connectivity index (χ1) is 23.2. The molecule has 0 unspecified atom stereocenters. The van der Waals surface area contributed by atoms with E-state index in [1.165, 1.54) is 0 Å². The quantitative estimate of drug-likeness (QED) is 0.0244. The predicted octanol–water partition coefficient (Wildman–Crippen LogP) is 0.603. The van der Waals surface area contributed by atoms with Gasteiger partial charge in [0.15, 0.2) is 0 Å². The van der Waals surface area contributed by atoms with E-state index in [0.717, 1.165) is 0 Å². The van der Waals surface area contributed by atoms with Gasteiger partial charge >= 0.3 is 5.97 Å². The molecule has 1 amide bonds. The van der Waals surface area contributed by atoms with Crippen molar-refractivity contribution in [3.63, 3.8) is 0 Å². The summed E-state index contributed by atoms with van der Waals surface area (Å²) in [4.78, 5) is 24.2. The number of carbonyl (C=O) groups excluding carboxylic acids is 2. The van der Waals surface area contributed by atoms with Crippen LogP contribution in [-0.4, -0.2) is 137 Å². The molecule has 1 aromatic rings. The molecule has 0 bridgehead atoms. The zero-order valence-electron chi connectivity index (χ0n) is 26.8. The Kier molecular flexibility index (Phi) is 25.6. The Morgan fingerprint density at radius 3 is 1.29 bits per heavy atom. The van der Waals surface area contributed by atoms with Gasteiger partial charge in [0.2, 0.25) is 40.7 Å². The lowest BCUT2D eigenvalue weighted by Gasteiger charge is -2.19. The Balaban J connectivity index is 2.27. The molecule has 0 heterocycles. The van der Waals surface area contributed by atoms with Gasteiger partial charge in [-0.25, -0.2) is 13.2 Å². The molecule has 0 saturated carbocycles. The summed E-state index contributed by atoms with van der Waals surface area (Å²) in [6.07, 6.45) is -0.541. The van der Waals surface area contributed by atoms with Gasteiger partial charge in [-0.05, 0) is 0 Å². The normalized spacial score (nSPS) is 11.4. The molecule has 48 heavy (non-hydrogen) atoms. The zero-order chi connectivity index (χ0) is 35.4. The van der Waals surface area contributed by atoms with Gasteiger partial charge in [-0.15, -0.1) is 0 Å². The zero-order valence-corrected chi connectivity index (χ0v) is 26.8. The maximum atomic E-state index is 13.6. The second kappa shape index (κ2) is 28.3. The fraction of sp³-hybridized carbons (Fsp3) is 0.724. The first-order valence-corrected chi connectivity index (χ1v) is 15.3. The second-order valence-electron chi connectivity index (χ2n) is 9.54. The molecule has 5 N–H and O–H groups in total. The number of esters is 1. The van der Waals surface area contributed by atoms with Crippen molar-refractivity contribution in [3.8, 4) is 5.75 Å². The Bertz CT molecular complexity index is 983. The van der Waals surface area contributed by atoms with Crippen LogP contribution in [0, 0.1) is 29.1 Å². The van der Waals surface area contributed by atoms with Crippen LogP contribution in [0.5, 0.6) is 5.75 Å². The lowest BCUT2D eigenvalue weighted by molar-refractivity contribution is -0.136. The van der Waals surface area contributed by atoms with Crippen LogP contribution in [0.1, 0.15) is 12.8 Å². The molecule has 0 aromatic heterocycles. The molecule has 0 radical (unpaired) electrons. The molecule has 0 atom stereocenters. The number of rotatable bonds is 31. The molecule has 19 heteroatoms. The second-order valence-corrected chi connectivity index (χ2v) is 9.54. The van der Waals surface area contributed by atoms with E-state index in [1.54, 1.807) is 0 Å². The van der Waals surface area contributed by atoms with Gasteiger partial charge in [0, 0.05) is 19.5 Å². The van der Waals surface area contributed by atoms with Crippen LogP contribution in [0.3, 0.4) is 0 Å². The highest BCUT2D eigenvalue weighted by Gasteiger charge is 2.28. The highest BCUT2D eigenvalue weighted by molar-refractivity contribution is 5.76. The molecule has 0 aliphatic carbocycles. The van der Waals surface area contributed by atoms with Crippen molar-refractivity contribution in [2.24, 2.45) is 11.5 Å². The van der Waals surface area contributed by atoms with Gasteiger partial charge in [0.25, 0.3) is 0 Å². The van der Waals surface area contributed by atoms with Gasteiger partial charge < -0.3 is 59.4 Å². The van der Waals surface area contributed by atoms with Gasteiger partial charge in [-0.3, -0.25) is 9.59 Å².